The number of carbonyl (C=O) groups is 1. The van der Waals surface area contributed by atoms with Gasteiger partial charge in [-0.05, 0) is 66.0 Å². The Morgan fingerprint density at radius 1 is 1.15 bits per heavy atom. The molecule has 0 unspecified atom stereocenters. The largest absolute Gasteiger partial charge is 0.268 e. The molecular formula is C12H3Br3Cl2N2O. The predicted molar refractivity (Wildman–Crippen MR) is 88.4 cm³/mol. The molecule has 0 aliphatic heterocycles. The fourth-order valence-corrected chi connectivity index (χ4v) is 3.94. The molecule has 0 saturated heterocycles. The van der Waals surface area contributed by atoms with E-state index >= 15 is 0 Å². The summed E-state index contributed by atoms with van der Waals surface area (Å²) in [4.78, 5) is 12.5. The lowest BCUT2D eigenvalue weighted by molar-refractivity contribution is 0.0955. The molecule has 8 heteroatoms. The summed E-state index contributed by atoms with van der Waals surface area (Å²) in [6.45, 7) is 0. The van der Waals surface area contributed by atoms with Gasteiger partial charge in [0.15, 0.2) is 0 Å². The molecule has 0 aliphatic carbocycles. The van der Waals surface area contributed by atoms with Gasteiger partial charge >= 0.3 is 0 Å². The number of halogens is 5. The number of benzene rings is 1. The summed E-state index contributed by atoms with van der Waals surface area (Å²) in [7, 11) is 0. The maximum Gasteiger partial charge on any atom is 0.263 e. The lowest BCUT2D eigenvalue weighted by atomic mass is 10.2. The molecule has 20 heavy (non-hydrogen) atoms. The fourth-order valence-electron chi connectivity index (χ4n) is 1.52. The van der Waals surface area contributed by atoms with Crippen LogP contribution < -0.4 is 0 Å². The number of hydrogen-bond acceptors (Lipinski definition) is 2. The predicted octanol–water partition coefficient (Wildman–Crippen LogP) is 5.64. The van der Waals surface area contributed by atoms with E-state index in [-0.39, 0.29) is 10.9 Å². The summed E-state index contributed by atoms with van der Waals surface area (Å²) in [5, 5.41) is 9.73. The first-order chi connectivity index (χ1) is 9.38. The Kier molecular flexibility index (Phi) is 4.98. The third-order valence-electron chi connectivity index (χ3n) is 2.48. The van der Waals surface area contributed by atoms with Gasteiger partial charge in [-0.2, -0.15) is 5.26 Å². The van der Waals surface area contributed by atoms with Crippen molar-refractivity contribution in [3.05, 3.63) is 53.1 Å². The van der Waals surface area contributed by atoms with Crippen molar-refractivity contribution in [3.8, 4) is 6.07 Å². The van der Waals surface area contributed by atoms with Crippen LogP contribution in [0.5, 0.6) is 0 Å². The van der Waals surface area contributed by atoms with E-state index < -0.39 is 0 Å². The van der Waals surface area contributed by atoms with Crippen molar-refractivity contribution in [2.75, 3.05) is 0 Å². The van der Waals surface area contributed by atoms with Crippen LogP contribution in [-0.4, -0.2) is 10.5 Å². The molecule has 0 saturated carbocycles. The van der Waals surface area contributed by atoms with E-state index in [2.05, 4.69) is 47.8 Å². The Bertz CT molecular complexity index is 765. The summed E-state index contributed by atoms with van der Waals surface area (Å²) >= 11 is 21.5. The Labute approximate surface area is 149 Å². The quantitative estimate of drug-likeness (QED) is 0.507. The molecule has 0 N–H and O–H groups in total. The number of nitriles is 1. The average Bonchev–Trinajstić information content (AvgIpc) is 2.63. The normalized spacial score (nSPS) is 10.4. The van der Waals surface area contributed by atoms with Crippen molar-refractivity contribution < 1.29 is 4.79 Å². The van der Waals surface area contributed by atoms with Crippen molar-refractivity contribution in [1.82, 2.24) is 4.57 Å². The number of nitrogens with zero attached hydrogens (tertiary/aromatic N) is 2. The molecular weight excluding hydrogens is 499 g/mol. The van der Waals surface area contributed by atoms with Gasteiger partial charge < -0.3 is 0 Å². The molecule has 1 heterocycles. The maximum atomic E-state index is 12.5. The highest BCUT2D eigenvalue weighted by molar-refractivity contribution is 9.13. The SMILES string of the molecule is N#Cc1c(Br)c(Br)n(C(=O)c2ccc(Cl)c(Cl)c2)c1Br. The third-order valence-corrected chi connectivity index (χ3v) is 6.03. The maximum absolute atomic E-state index is 12.5. The summed E-state index contributed by atoms with van der Waals surface area (Å²) in [6.07, 6.45) is 0. The van der Waals surface area contributed by atoms with E-state index in [0.29, 0.717) is 29.8 Å². The van der Waals surface area contributed by atoms with Gasteiger partial charge in [0.25, 0.3) is 5.91 Å². The van der Waals surface area contributed by atoms with Gasteiger partial charge in [-0.3, -0.25) is 9.36 Å². The molecule has 0 fully saturated rings. The van der Waals surface area contributed by atoms with Crippen molar-refractivity contribution in [3.63, 3.8) is 0 Å². The minimum absolute atomic E-state index is 0.288. The highest BCUT2D eigenvalue weighted by Gasteiger charge is 2.23. The Hall–Kier alpha value is -0.320. The van der Waals surface area contributed by atoms with Gasteiger partial charge in [0.1, 0.15) is 20.8 Å². The number of hydrogen-bond donors (Lipinski definition) is 0. The van der Waals surface area contributed by atoms with Crippen LogP contribution in [0.25, 0.3) is 0 Å². The van der Waals surface area contributed by atoms with Gasteiger partial charge in [-0.1, -0.05) is 23.2 Å². The highest BCUT2D eigenvalue weighted by Crippen LogP contribution is 2.36. The number of carbonyl (C=O) groups excluding carboxylic acids is 1. The molecule has 0 aliphatic rings. The molecule has 2 rings (SSSR count). The number of rotatable bonds is 1. The second-order valence-corrected chi connectivity index (χ2v) is 6.76. The minimum Gasteiger partial charge on any atom is -0.268 e. The smallest absolute Gasteiger partial charge is 0.263 e. The van der Waals surface area contributed by atoms with Crippen LogP contribution in [0.1, 0.15) is 15.9 Å². The zero-order valence-electron chi connectivity index (χ0n) is 9.42. The topological polar surface area (TPSA) is 45.8 Å². The summed E-state index contributed by atoms with van der Waals surface area (Å²) < 4.78 is 2.62. The average molecular weight is 502 g/mol. The van der Waals surface area contributed by atoms with Gasteiger partial charge in [0.05, 0.1) is 14.5 Å². The van der Waals surface area contributed by atoms with Gasteiger partial charge in [0, 0.05) is 5.56 Å². The molecule has 0 spiro atoms. The van der Waals surface area contributed by atoms with E-state index in [1.807, 2.05) is 6.07 Å². The molecule has 1 aromatic heterocycles. The van der Waals surface area contributed by atoms with Crippen LogP contribution >= 0.6 is 71.0 Å². The molecule has 1 aromatic carbocycles. The highest BCUT2D eigenvalue weighted by atomic mass is 79.9. The Morgan fingerprint density at radius 3 is 2.30 bits per heavy atom. The van der Waals surface area contributed by atoms with Gasteiger partial charge in [-0.25, -0.2) is 0 Å². The molecule has 0 radical (unpaired) electrons. The van der Waals surface area contributed by atoms with Crippen LogP contribution in [0, 0.1) is 11.3 Å². The molecule has 2 aromatic rings. The van der Waals surface area contributed by atoms with Crippen molar-refractivity contribution >= 4 is 76.9 Å². The van der Waals surface area contributed by atoms with Gasteiger partial charge in [0.2, 0.25) is 0 Å². The summed E-state index contributed by atoms with van der Waals surface area (Å²) in [5.74, 6) is -0.343. The molecule has 102 valence electrons. The van der Waals surface area contributed by atoms with E-state index in [1.54, 1.807) is 12.1 Å². The Morgan fingerprint density at radius 2 is 1.80 bits per heavy atom. The van der Waals surface area contributed by atoms with Crippen LogP contribution in [0.4, 0.5) is 0 Å². The monoisotopic (exact) mass is 498 g/mol. The zero-order chi connectivity index (χ0) is 15.0. The zero-order valence-corrected chi connectivity index (χ0v) is 15.7. The first-order valence-corrected chi connectivity index (χ1v) is 8.17. The second-order valence-electron chi connectivity index (χ2n) is 3.65. The van der Waals surface area contributed by atoms with Crippen LogP contribution in [0.3, 0.4) is 0 Å². The van der Waals surface area contributed by atoms with E-state index in [0.717, 1.165) is 0 Å². The number of aromatic nitrogens is 1. The first-order valence-electron chi connectivity index (χ1n) is 5.03. The van der Waals surface area contributed by atoms with E-state index in [9.17, 15) is 4.79 Å². The standard InChI is InChI=1S/C12H3Br3Cl2N2O/c13-9-6(4-18)10(14)19(11(9)15)12(20)5-1-2-7(16)8(17)3-5/h1-3H. The molecule has 0 bridgehead atoms. The van der Waals surface area contributed by atoms with Crippen molar-refractivity contribution in [2.24, 2.45) is 0 Å². The fraction of sp³-hybridized carbons (Fsp3) is 0. The second kappa shape index (κ2) is 6.20. The molecule has 0 atom stereocenters. The van der Waals surface area contributed by atoms with Crippen molar-refractivity contribution in [1.29, 1.82) is 5.26 Å². The summed E-state index contributed by atoms with van der Waals surface area (Å²) in [5.41, 5.74) is 0.679. The molecule has 0 amide bonds. The summed E-state index contributed by atoms with van der Waals surface area (Å²) in [6, 6.07) is 6.59. The third kappa shape index (κ3) is 2.70. The van der Waals surface area contributed by atoms with Crippen molar-refractivity contribution in [2.45, 2.75) is 0 Å². The van der Waals surface area contributed by atoms with Crippen LogP contribution in [-0.2, 0) is 0 Å². The van der Waals surface area contributed by atoms with Gasteiger partial charge in [-0.15, -0.1) is 0 Å². The van der Waals surface area contributed by atoms with E-state index in [4.69, 9.17) is 28.5 Å². The Balaban J connectivity index is 2.60. The van der Waals surface area contributed by atoms with Crippen LogP contribution in [0.15, 0.2) is 31.9 Å². The molecule has 3 nitrogen and oxygen atoms in total. The minimum atomic E-state index is -0.343. The first kappa shape index (κ1) is 16.1. The lowest BCUT2D eigenvalue weighted by Crippen LogP contribution is -2.12. The van der Waals surface area contributed by atoms with Crippen LogP contribution in [0.2, 0.25) is 10.0 Å². The van der Waals surface area contributed by atoms with E-state index in [1.165, 1.54) is 10.6 Å². The lowest BCUT2D eigenvalue weighted by Gasteiger charge is -2.07.